The van der Waals surface area contributed by atoms with Crippen LogP contribution in [0.4, 0.5) is 11.8 Å². The van der Waals surface area contributed by atoms with Gasteiger partial charge in [0.1, 0.15) is 11.6 Å². The minimum Gasteiger partial charge on any atom is -0.338 e. The molecular weight excluding hydrogens is 422 g/mol. The van der Waals surface area contributed by atoms with Crippen molar-refractivity contribution in [2.24, 2.45) is 0 Å². The van der Waals surface area contributed by atoms with Crippen molar-refractivity contribution in [3.05, 3.63) is 57.2 Å². The van der Waals surface area contributed by atoms with E-state index in [0.29, 0.717) is 24.1 Å². The standard InChI is InChI=1S/C23H27N7OS/c1-14-10-15(2)25-23(24-14)29-21-11-20(26-16(3)27-21)18-6-5-9-30(12-18)22(31)8-7-19-13-32-17(4)28-19/h7-8,10-11,13,18H,5-6,9,12H2,1-4H3,(H,24,25,26,27,29)/b8-7+/t18-/m1/s1. The van der Waals surface area contributed by atoms with Crippen LogP contribution in [0.15, 0.2) is 23.6 Å². The second-order valence-electron chi connectivity index (χ2n) is 8.07. The molecule has 3 aromatic heterocycles. The number of aromatic nitrogens is 5. The Balaban J connectivity index is 1.48. The second-order valence-corrected chi connectivity index (χ2v) is 9.13. The highest BCUT2D eigenvalue weighted by Crippen LogP contribution is 2.28. The summed E-state index contributed by atoms with van der Waals surface area (Å²) in [6.45, 7) is 9.10. The molecule has 1 N–H and O–H groups in total. The highest BCUT2D eigenvalue weighted by molar-refractivity contribution is 7.09. The molecule has 0 aromatic carbocycles. The van der Waals surface area contributed by atoms with Gasteiger partial charge in [-0.25, -0.2) is 24.9 Å². The first-order chi connectivity index (χ1) is 15.4. The Morgan fingerprint density at radius 1 is 1.09 bits per heavy atom. The zero-order chi connectivity index (χ0) is 22.7. The fraction of sp³-hybridized carbons (Fsp3) is 0.391. The molecule has 4 rings (SSSR count). The summed E-state index contributed by atoms with van der Waals surface area (Å²) < 4.78 is 0. The van der Waals surface area contributed by atoms with Crippen molar-refractivity contribution < 1.29 is 4.79 Å². The molecule has 8 nitrogen and oxygen atoms in total. The molecule has 1 saturated heterocycles. The fourth-order valence-electron chi connectivity index (χ4n) is 3.90. The van der Waals surface area contributed by atoms with Gasteiger partial charge in [0.25, 0.3) is 0 Å². The van der Waals surface area contributed by atoms with Crippen LogP contribution in [0.25, 0.3) is 6.08 Å². The Bertz CT molecular complexity index is 1140. The summed E-state index contributed by atoms with van der Waals surface area (Å²) in [6, 6.07) is 3.88. The zero-order valence-electron chi connectivity index (χ0n) is 18.8. The van der Waals surface area contributed by atoms with E-state index in [-0.39, 0.29) is 11.8 Å². The Labute approximate surface area is 191 Å². The van der Waals surface area contributed by atoms with Crippen LogP contribution >= 0.6 is 11.3 Å². The van der Waals surface area contributed by atoms with Crippen LogP contribution in [0.5, 0.6) is 0 Å². The van der Waals surface area contributed by atoms with Gasteiger partial charge in [0.15, 0.2) is 0 Å². The molecule has 0 aliphatic carbocycles. The molecule has 0 radical (unpaired) electrons. The van der Waals surface area contributed by atoms with Gasteiger partial charge in [-0.05, 0) is 52.7 Å². The van der Waals surface area contributed by atoms with Crippen molar-refractivity contribution in [2.45, 2.75) is 46.5 Å². The molecule has 0 saturated carbocycles. The van der Waals surface area contributed by atoms with Crippen LogP contribution in [0.2, 0.25) is 0 Å². The van der Waals surface area contributed by atoms with Crippen molar-refractivity contribution in [3.63, 3.8) is 0 Å². The average Bonchev–Trinajstić information content (AvgIpc) is 3.16. The summed E-state index contributed by atoms with van der Waals surface area (Å²) in [5.41, 5.74) is 3.55. The molecular formula is C23H27N7OS. The lowest BCUT2D eigenvalue weighted by Gasteiger charge is -2.32. The number of amides is 1. The monoisotopic (exact) mass is 449 g/mol. The van der Waals surface area contributed by atoms with E-state index in [0.717, 1.165) is 47.2 Å². The number of carbonyl (C=O) groups excluding carboxylic acids is 1. The molecule has 0 spiro atoms. The smallest absolute Gasteiger partial charge is 0.246 e. The Kier molecular flexibility index (Phi) is 6.55. The largest absolute Gasteiger partial charge is 0.338 e. The van der Waals surface area contributed by atoms with Crippen LogP contribution in [-0.4, -0.2) is 48.8 Å². The van der Waals surface area contributed by atoms with Crippen LogP contribution in [0, 0.1) is 27.7 Å². The number of carbonyl (C=O) groups is 1. The van der Waals surface area contributed by atoms with E-state index in [4.69, 9.17) is 0 Å². The lowest BCUT2D eigenvalue weighted by Crippen LogP contribution is -2.38. The van der Waals surface area contributed by atoms with E-state index in [2.05, 4.69) is 30.2 Å². The number of anilines is 2. The van der Waals surface area contributed by atoms with Gasteiger partial charge in [0.2, 0.25) is 11.9 Å². The molecule has 0 unspecified atom stereocenters. The highest BCUT2D eigenvalue weighted by Gasteiger charge is 2.25. The first-order valence-corrected chi connectivity index (χ1v) is 11.6. The van der Waals surface area contributed by atoms with Crippen LogP contribution < -0.4 is 5.32 Å². The summed E-state index contributed by atoms with van der Waals surface area (Å²) in [6.07, 6.45) is 5.32. The number of likely N-dealkylation sites (tertiary alicyclic amines) is 1. The molecule has 1 atom stereocenters. The molecule has 166 valence electrons. The van der Waals surface area contributed by atoms with E-state index in [1.54, 1.807) is 23.5 Å². The van der Waals surface area contributed by atoms with Crippen LogP contribution in [-0.2, 0) is 4.79 Å². The summed E-state index contributed by atoms with van der Waals surface area (Å²) in [5.74, 6) is 2.03. The van der Waals surface area contributed by atoms with Crippen molar-refractivity contribution in [1.82, 2.24) is 29.8 Å². The quantitative estimate of drug-likeness (QED) is 0.585. The molecule has 9 heteroatoms. The van der Waals surface area contributed by atoms with Gasteiger partial charge in [-0.15, -0.1) is 11.3 Å². The number of thiazole rings is 1. The fourth-order valence-corrected chi connectivity index (χ4v) is 4.48. The minimum absolute atomic E-state index is 0.00751. The zero-order valence-corrected chi connectivity index (χ0v) is 19.6. The van der Waals surface area contributed by atoms with Gasteiger partial charge in [-0.2, -0.15) is 0 Å². The summed E-state index contributed by atoms with van der Waals surface area (Å²) in [4.78, 5) is 37.1. The Hall–Kier alpha value is -3.20. The molecule has 3 aromatic rings. The normalized spacial score (nSPS) is 16.5. The van der Waals surface area contributed by atoms with Crippen molar-refractivity contribution in [3.8, 4) is 0 Å². The van der Waals surface area contributed by atoms with Gasteiger partial charge in [0, 0.05) is 47.9 Å². The van der Waals surface area contributed by atoms with Gasteiger partial charge in [-0.3, -0.25) is 4.79 Å². The summed E-state index contributed by atoms with van der Waals surface area (Å²) in [5, 5.41) is 6.15. The summed E-state index contributed by atoms with van der Waals surface area (Å²) in [7, 11) is 0. The molecule has 0 bridgehead atoms. The number of hydrogen-bond donors (Lipinski definition) is 1. The number of piperidine rings is 1. The van der Waals surface area contributed by atoms with E-state index in [1.165, 1.54) is 0 Å². The average molecular weight is 450 g/mol. The maximum Gasteiger partial charge on any atom is 0.246 e. The number of aryl methyl sites for hydroxylation is 4. The molecule has 1 fully saturated rings. The number of rotatable bonds is 5. The van der Waals surface area contributed by atoms with Gasteiger partial charge < -0.3 is 10.2 Å². The summed E-state index contributed by atoms with van der Waals surface area (Å²) >= 11 is 1.58. The van der Waals surface area contributed by atoms with Crippen LogP contribution in [0.1, 0.15) is 52.4 Å². The third kappa shape index (κ3) is 5.53. The van der Waals surface area contributed by atoms with Crippen molar-refractivity contribution in [1.29, 1.82) is 0 Å². The van der Waals surface area contributed by atoms with Crippen molar-refractivity contribution >= 4 is 35.1 Å². The first-order valence-electron chi connectivity index (χ1n) is 10.7. The molecule has 1 amide bonds. The van der Waals surface area contributed by atoms with E-state index in [9.17, 15) is 4.79 Å². The number of hydrogen-bond acceptors (Lipinski definition) is 8. The predicted molar refractivity (Wildman–Crippen MR) is 126 cm³/mol. The van der Waals surface area contributed by atoms with E-state index in [1.807, 2.05) is 50.1 Å². The first kappa shape index (κ1) is 22.0. The Morgan fingerprint density at radius 3 is 2.59 bits per heavy atom. The SMILES string of the molecule is Cc1cc(C)nc(Nc2cc([C@@H]3CCCN(C(=O)/C=C/c4csc(C)n4)C3)nc(C)n2)n1. The van der Waals surface area contributed by atoms with E-state index >= 15 is 0 Å². The maximum absolute atomic E-state index is 12.7. The van der Waals surface area contributed by atoms with Crippen LogP contribution in [0.3, 0.4) is 0 Å². The van der Waals surface area contributed by atoms with Gasteiger partial charge >= 0.3 is 0 Å². The Morgan fingerprint density at radius 2 is 1.88 bits per heavy atom. The third-order valence-electron chi connectivity index (χ3n) is 5.26. The number of nitrogens with zero attached hydrogens (tertiary/aromatic N) is 6. The lowest BCUT2D eigenvalue weighted by atomic mass is 9.94. The van der Waals surface area contributed by atoms with E-state index < -0.39 is 0 Å². The molecule has 1 aliphatic rings. The van der Waals surface area contributed by atoms with Gasteiger partial charge in [0.05, 0.1) is 16.4 Å². The molecule has 4 heterocycles. The number of nitrogens with one attached hydrogen (secondary N) is 1. The third-order valence-corrected chi connectivity index (χ3v) is 6.06. The minimum atomic E-state index is 0.00751. The second kappa shape index (κ2) is 9.52. The lowest BCUT2D eigenvalue weighted by molar-refractivity contribution is -0.127. The predicted octanol–water partition coefficient (Wildman–Crippen LogP) is 4.12. The maximum atomic E-state index is 12.7. The molecule has 32 heavy (non-hydrogen) atoms. The van der Waals surface area contributed by atoms with Gasteiger partial charge in [-0.1, -0.05) is 0 Å². The highest BCUT2D eigenvalue weighted by atomic mass is 32.1. The van der Waals surface area contributed by atoms with Crippen molar-refractivity contribution in [2.75, 3.05) is 18.4 Å². The molecule has 1 aliphatic heterocycles. The topological polar surface area (TPSA) is 96.8 Å².